The summed E-state index contributed by atoms with van der Waals surface area (Å²) in [7, 11) is 1.91. The number of carbonyl (C=O) groups is 1. The standard InChI is InChI=1S/C15H26N2OS/c1-10(2)15(13-9-11(3)19-12(13)4)17-14(18)7-6-8-16-5/h9-10,15-16H,6-8H2,1-5H3,(H,17,18)/t15-/m0/s1. The average molecular weight is 282 g/mol. The van der Waals surface area contributed by atoms with Crippen molar-refractivity contribution in [2.24, 2.45) is 5.92 Å². The Morgan fingerprint density at radius 2 is 2.05 bits per heavy atom. The fourth-order valence-electron chi connectivity index (χ4n) is 2.23. The largest absolute Gasteiger partial charge is 0.349 e. The highest BCUT2D eigenvalue weighted by Gasteiger charge is 2.21. The van der Waals surface area contributed by atoms with Gasteiger partial charge in [0.1, 0.15) is 0 Å². The molecule has 0 aliphatic heterocycles. The second-order valence-corrected chi connectivity index (χ2v) is 6.83. The van der Waals surface area contributed by atoms with Crippen molar-refractivity contribution in [2.45, 2.75) is 46.6 Å². The lowest BCUT2D eigenvalue weighted by Gasteiger charge is -2.23. The van der Waals surface area contributed by atoms with Crippen LogP contribution < -0.4 is 10.6 Å². The van der Waals surface area contributed by atoms with Crippen molar-refractivity contribution < 1.29 is 4.79 Å². The molecule has 0 saturated heterocycles. The third kappa shape index (κ3) is 4.96. The Kier molecular flexibility index (Phi) is 6.52. The first-order chi connectivity index (χ1) is 8.95. The lowest BCUT2D eigenvalue weighted by Crippen LogP contribution is -2.32. The molecule has 0 spiro atoms. The summed E-state index contributed by atoms with van der Waals surface area (Å²) in [5.74, 6) is 0.554. The molecule has 0 aliphatic rings. The zero-order valence-electron chi connectivity index (χ0n) is 12.7. The summed E-state index contributed by atoms with van der Waals surface area (Å²) >= 11 is 1.80. The minimum Gasteiger partial charge on any atom is -0.349 e. The van der Waals surface area contributed by atoms with Crippen LogP contribution in [0.4, 0.5) is 0 Å². The van der Waals surface area contributed by atoms with Crippen molar-refractivity contribution in [1.82, 2.24) is 10.6 Å². The van der Waals surface area contributed by atoms with Crippen molar-refractivity contribution in [1.29, 1.82) is 0 Å². The van der Waals surface area contributed by atoms with Gasteiger partial charge in [0.25, 0.3) is 0 Å². The van der Waals surface area contributed by atoms with Gasteiger partial charge in [-0.25, -0.2) is 0 Å². The molecule has 0 fully saturated rings. The molecular formula is C15H26N2OS. The van der Waals surface area contributed by atoms with E-state index in [0.29, 0.717) is 12.3 Å². The predicted molar refractivity (Wildman–Crippen MR) is 82.7 cm³/mol. The maximum absolute atomic E-state index is 12.0. The molecule has 4 heteroatoms. The molecule has 0 unspecified atom stereocenters. The normalized spacial score (nSPS) is 12.7. The van der Waals surface area contributed by atoms with E-state index in [1.54, 1.807) is 11.3 Å². The number of amides is 1. The molecule has 0 aliphatic carbocycles. The number of aryl methyl sites for hydroxylation is 2. The molecule has 0 radical (unpaired) electrons. The van der Waals surface area contributed by atoms with Gasteiger partial charge in [0.05, 0.1) is 6.04 Å². The van der Waals surface area contributed by atoms with Crippen LogP contribution in [0.2, 0.25) is 0 Å². The van der Waals surface area contributed by atoms with E-state index in [0.717, 1.165) is 13.0 Å². The molecular weight excluding hydrogens is 256 g/mol. The lowest BCUT2D eigenvalue weighted by molar-refractivity contribution is -0.122. The highest BCUT2D eigenvalue weighted by atomic mass is 32.1. The highest BCUT2D eigenvalue weighted by molar-refractivity contribution is 7.12. The number of hydrogen-bond acceptors (Lipinski definition) is 3. The Morgan fingerprint density at radius 3 is 2.53 bits per heavy atom. The number of rotatable bonds is 7. The highest BCUT2D eigenvalue weighted by Crippen LogP contribution is 2.30. The SMILES string of the molecule is CNCCCC(=O)N[C@H](c1cc(C)sc1C)C(C)C. The van der Waals surface area contributed by atoms with Crippen LogP contribution in [0.15, 0.2) is 6.07 Å². The summed E-state index contributed by atoms with van der Waals surface area (Å²) in [4.78, 5) is 14.6. The van der Waals surface area contributed by atoms with E-state index >= 15 is 0 Å². The molecule has 1 amide bonds. The van der Waals surface area contributed by atoms with E-state index in [1.807, 2.05) is 7.05 Å². The van der Waals surface area contributed by atoms with Gasteiger partial charge in [-0.3, -0.25) is 4.79 Å². The van der Waals surface area contributed by atoms with Crippen molar-refractivity contribution in [3.8, 4) is 0 Å². The van der Waals surface area contributed by atoms with E-state index in [1.165, 1.54) is 15.3 Å². The van der Waals surface area contributed by atoms with Crippen LogP contribution in [-0.4, -0.2) is 19.5 Å². The summed E-state index contributed by atoms with van der Waals surface area (Å²) in [5.41, 5.74) is 1.28. The van der Waals surface area contributed by atoms with Crippen molar-refractivity contribution >= 4 is 17.2 Å². The zero-order valence-corrected chi connectivity index (χ0v) is 13.5. The maximum Gasteiger partial charge on any atom is 0.220 e. The van der Waals surface area contributed by atoms with Crippen LogP contribution in [0.1, 0.15) is 48.0 Å². The molecule has 1 rings (SSSR count). The van der Waals surface area contributed by atoms with Crippen molar-refractivity contribution in [2.75, 3.05) is 13.6 Å². The number of carbonyl (C=O) groups excluding carboxylic acids is 1. The Labute approximate surface area is 120 Å². The van der Waals surface area contributed by atoms with Gasteiger partial charge in [-0.05, 0) is 51.4 Å². The monoisotopic (exact) mass is 282 g/mol. The van der Waals surface area contributed by atoms with Gasteiger partial charge in [-0.1, -0.05) is 13.8 Å². The fraction of sp³-hybridized carbons (Fsp3) is 0.667. The van der Waals surface area contributed by atoms with Crippen LogP contribution in [-0.2, 0) is 4.79 Å². The van der Waals surface area contributed by atoms with E-state index in [4.69, 9.17) is 0 Å². The minimum absolute atomic E-state index is 0.132. The molecule has 1 aromatic heterocycles. The Hall–Kier alpha value is -0.870. The average Bonchev–Trinajstić information content (AvgIpc) is 2.65. The van der Waals surface area contributed by atoms with Gasteiger partial charge in [0.15, 0.2) is 0 Å². The zero-order chi connectivity index (χ0) is 14.4. The van der Waals surface area contributed by atoms with Crippen LogP contribution in [0.25, 0.3) is 0 Å². The Morgan fingerprint density at radius 1 is 1.37 bits per heavy atom. The molecule has 1 atom stereocenters. The fourth-order valence-corrected chi connectivity index (χ4v) is 3.21. The molecule has 0 saturated carbocycles. The van der Waals surface area contributed by atoms with E-state index in [2.05, 4.69) is 44.4 Å². The van der Waals surface area contributed by atoms with Gasteiger partial charge in [-0.2, -0.15) is 0 Å². The van der Waals surface area contributed by atoms with Gasteiger partial charge in [-0.15, -0.1) is 11.3 Å². The third-order valence-corrected chi connectivity index (χ3v) is 4.21. The number of thiophene rings is 1. The second kappa shape index (κ2) is 7.65. The van der Waals surface area contributed by atoms with Gasteiger partial charge in [0.2, 0.25) is 5.91 Å². The molecule has 108 valence electrons. The predicted octanol–water partition coefficient (Wildman–Crippen LogP) is 3.18. The summed E-state index contributed by atoms with van der Waals surface area (Å²) in [5, 5.41) is 6.25. The molecule has 0 aromatic carbocycles. The van der Waals surface area contributed by atoms with Crippen molar-refractivity contribution in [3.05, 3.63) is 21.4 Å². The first-order valence-electron chi connectivity index (χ1n) is 6.96. The quantitative estimate of drug-likeness (QED) is 0.754. The third-order valence-electron chi connectivity index (χ3n) is 3.23. The van der Waals surface area contributed by atoms with E-state index in [-0.39, 0.29) is 11.9 Å². The smallest absolute Gasteiger partial charge is 0.220 e. The minimum atomic E-state index is 0.132. The summed E-state index contributed by atoms with van der Waals surface area (Å²) in [6, 6.07) is 2.34. The number of nitrogens with one attached hydrogen (secondary N) is 2. The molecule has 2 N–H and O–H groups in total. The summed E-state index contributed by atoms with van der Waals surface area (Å²) < 4.78 is 0. The second-order valence-electron chi connectivity index (χ2n) is 5.36. The van der Waals surface area contributed by atoms with Gasteiger partial charge >= 0.3 is 0 Å². The molecule has 1 heterocycles. The molecule has 3 nitrogen and oxygen atoms in total. The topological polar surface area (TPSA) is 41.1 Å². The Balaban J connectivity index is 2.68. The number of hydrogen-bond donors (Lipinski definition) is 2. The summed E-state index contributed by atoms with van der Waals surface area (Å²) in [6.45, 7) is 9.45. The molecule has 19 heavy (non-hydrogen) atoms. The molecule has 1 aromatic rings. The van der Waals surface area contributed by atoms with Crippen LogP contribution in [0, 0.1) is 19.8 Å². The van der Waals surface area contributed by atoms with Crippen LogP contribution >= 0.6 is 11.3 Å². The first kappa shape index (κ1) is 16.2. The van der Waals surface area contributed by atoms with Gasteiger partial charge < -0.3 is 10.6 Å². The van der Waals surface area contributed by atoms with E-state index < -0.39 is 0 Å². The van der Waals surface area contributed by atoms with Gasteiger partial charge in [0, 0.05) is 16.2 Å². The lowest BCUT2D eigenvalue weighted by atomic mass is 9.96. The Bertz CT molecular complexity index is 412. The van der Waals surface area contributed by atoms with Crippen molar-refractivity contribution in [3.63, 3.8) is 0 Å². The summed E-state index contributed by atoms with van der Waals surface area (Å²) in [6.07, 6.45) is 1.47. The maximum atomic E-state index is 12.0. The van der Waals surface area contributed by atoms with E-state index in [9.17, 15) is 4.79 Å². The first-order valence-corrected chi connectivity index (χ1v) is 7.78. The molecule has 0 bridgehead atoms. The van der Waals surface area contributed by atoms with Crippen LogP contribution in [0.5, 0.6) is 0 Å². The van der Waals surface area contributed by atoms with Crippen LogP contribution in [0.3, 0.4) is 0 Å².